The molecule has 0 aromatic heterocycles. The Morgan fingerprint density at radius 2 is 1.74 bits per heavy atom. The van der Waals surface area contributed by atoms with Crippen molar-refractivity contribution in [3.63, 3.8) is 0 Å². The zero-order valence-electron chi connectivity index (χ0n) is 14.5. The number of primary sulfonamides is 1. The number of alkyl halides is 1. The molecule has 0 amide bonds. The van der Waals surface area contributed by atoms with Crippen LogP contribution in [0.3, 0.4) is 0 Å². The molecule has 0 spiro atoms. The molecule has 0 atom stereocenters. The summed E-state index contributed by atoms with van der Waals surface area (Å²) in [6, 6.07) is 11.4. The van der Waals surface area contributed by atoms with Gasteiger partial charge in [0, 0.05) is 16.3 Å². The topological polar surface area (TPSA) is 65.1 Å². The van der Waals surface area contributed by atoms with Gasteiger partial charge in [0.2, 0.25) is 10.0 Å². The number of hydrogen-bond acceptors (Lipinski definition) is 2. The lowest BCUT2D eigenvalue weighted by molar-refractivity contribution is 0.444. The van der Waals surface area contributed by atoms with Crippen LogP contribution in [-0.4, -0.2) is 18.4 Å². The highest BCUT2D eigenvalue weighted by molar-refractivity contribution is 7.89. The van der Waals surface area contributed by atoms with Crippen LogP contribution in [0.1, 0.15) is 37.2 Å². The molecule has 5 rings (SSSR count). The molecule has 4 nitrogen and oxygen atoms in total. The van der Waals surface area contributed by atoms with Crippen molar-refractivity contribution in [2.24, 2.45) is 5.14 Å². The number of sulfonamides is 1. The Balaban J connectivity index is 1.69. The molecule has 1 fully saturated rings. The Kier molecular flexibility index (Phi) is 3.89. The van der Waals surface area contributed by atoms with E-state index in [1.165, 1.54) is 0 Å². The fourth-order valence-corrected chi connectivity index (χ4v) is 6.05. The Bertz CT molecular complexity index is 1190. The number of hydrogen-bond donors (Lipinski definition) is 1. The van der Waals surface area contributed by atoms with Crippen LogP contribution in [-0.2, 0) is 10.0 Å². The number of halogens is 2. The van der Waals surface area contributed by atoms with Crippen LogP contribution < -0.4 is 5.14 Å². The lowest BCUT2D eigenvalue weighted by atomic mass is 9.83. The molecule has 0 saturated heterocycles. The highest BCUT2D eigenvalue weighted by Gasteiger charge is 2.38. The quantitative estimate of drug-likeness (QED) is 0.464. The molecule has 3 aliphatic rings. The van der Waals surface area contributed by atoms with Crippen LogP contribution >= 0.6 is 23.2 Å². The molecule has 2 aliphatic heterocycles. The van der Waals surface area contributed by atoms with Gasteiger partial charge in [-0.25, -0.2) is 13.6 Å². The number of benzene rings is 2. The largest absolute Gasteiger partial charge is 0.304 e. The molecule has 2 heterocycles. The number of rotatable bonds is 3. The molecule has 2 aromatic carbocycles. The summed E-state index contributed by atoms with van der Waals surface area (Å²) in [6.45, 7) is 0. The van der Waals surface area contributed by atoms with Gasteiger partial charge >= 0.3 is 0 Å². The smallest absolute Gasteiger partial charge is 0.239 e. The summed E-state index contributed by atoms with van der Waals surface area (Å²) in [7, 11) is -3.88. The number of fused-ring (bicyclic) bond motifs is 4. The highest BCUT2D eigenvalue weighted by Crippen LogP contribution is 2.55. The van der Waals surface area contributed by atoms with Gasteiger partial charge in [-0.15, -0.1) is 11.6 Å². The van der Waals surface area contributed by atoms with Crippen molar-refractivity contribution in [1.82, 2.24) is 4.57 Å². The van der Waals surface area contributed by atoms with Gasteiger partial charge in [-0.05, 0) is 49.3 Å². The molecule has 0 bridgehead atoms. The van der Waals surface area contributed by atoms with Crippen LogP contribution in [0, 0.1) is 0 Å². The van der Waals surface area contributed by atoms with Crippen molar-refractivity contribution >= 4 is 44.1 Å². The van der Waals surface area contributed by atoms with Gasteiger partial charge in [0.25, 0.3) is 0 Å². The minimum Gasteiger partial charge on any atom is -0.304 e. The predicted octanol–water partition coefficient (Wildman–Crippen LogP) is 5.18. The SMILES string of the molecule is NS(=O)(=O)c1c(-c2c3c4c(Cl)cccc4n2-3)cccc1C1CCC(Cl)CC1. The first kappa shape index (κ1) is 17.6. The van der Waals surface area contributed by atoms with Gasteiger partial charge < -0.3 is 4.57 Å². The third kappa shape index (κ3) is 2.64. The predicted molar refractivity (Wildman–Crippen MR) is 110 cm³/mol. The zero-order chi connectivity index (χ0) is 18.9. The average Bonchev–Trinajstić information content (AvgIpc) is 3.26. The first-order valence-electron chi connectivity index (χ1n) is 9.01. The third-order valence-corrected chi connectivity index (χ3v) is 7.55. The van der Waals surface area contributed by atoms with E-state index in [0.29, 0.717) is 10.6 Å². The molecular formula is C20H18Cl2N2O2S. The standard InChI is InChI=1S/C20H18Cl2N2O2S/c21-12-9-7-11(8-10-12)13-3-1-4-14(20(13)27(23,25)26)18-19-17-15(22)5-2-6-16(17)24(18)19/h1-6,11-12H,7-10H2,(H2,23,25,26). The summed E-state index contributed by atoms with van der Waals surface area (Å²) >= 11 is 12.6. The van der Waals surface area contributed by atoms with E-state index in [1.807, 2.05) is 41.0 Å². The maximum Gasteiger partial charge on any atom is 0.239 e. The van der Waals surface area contributed by atoms with E-state index < -0.39 is 10.0 Å². The lowest BCUT2D eigenvalue weighted by Crippen LogP contribution is -2.20. The second-order valence-electron chi connectivity index (χ2n) is 7.38. The number of aromatic nitrogens is 1. The fraction of sp³-hybridized carbons (Fsp3) is 0.300. The molecule has 0 radical (unpaired) electrons. The second kappa shape index (κ2) is 5.98. The van der Waals surface area contributed by atoms with E-state index in [4.69, 9.17) is 28.3 Å². The molecule has 1 aliphatic carbocycles. The van der Waals surface area contributed by atoms with Crippen LogP contribution in [0.5, 0.6) is 0 Å². The van der Waals surface area contributed by atoms with Crippen LogP contribution in [0.4, 0.5) is 0 Å². The van der Waals surface area contributed by atoms with Gasteiger partial charge in [0.1, 0.15) is 0 Å². The van der Waals surface area contributed by atoms with Crippen molar-refractivity contribution in [3.05, 3.63) is 47.0 Å². The van der Waals surface area contributed by atoms with Gasteiger partial charge in [0.15, 0.2) is 0 Å². The molecule has 1 saturated carbocycles. The van der Waals surface area contributed by atoms with E-state index in [0.717, 1.165) is 53.5 Å². The molecule has 2 N–H and O–H groups in total. The van der Waals surface area contributed by atoms with E-state index in [9.17, 15) is 8.42 Å². The minimum absolute atomic E-state index is 0.163. The van der Waals surface area contributed by atoms with E-state index in [2.05, 4.69) is 0 Å². The van der Waals surface area contributed by atoms with Crippen LogP contribution in [0.15, 0.2) is 41.3 Å². The van der Waals surface area contributed by atoms with Gasteiger partial charge in [-0.2, -0.15) is 0 Å². The molecule has 27 heavy (non-hydrogen) atoms. The minimum atomic E-state index is -3.88. The number of nitrogens with two attached hydrogens (primary N) is 1. The van der Waals surface area contributed by atoms with E-state index in [1.54, 1.807) is 0 Å². The van der Waals surface area contributed by atoms with Crippen molar-refractivity contribution in [1.29, 1.82) is 0 Å². The summed E-state index contributed by atoms with van der Waals surface area (Å²) in [4.78, 5) is 0.252. The lowest BCUT2D eigenvalue weighted by Gasteiger charge is -2.27. The normalized spacial score (nSPS) is 21.6. The Morgan fingerprint density at radius 1 is 1.04 bits per heavy atom. The first-order chi connectivity index (χ1) is 12.9. The van der Waals surface area contributed by atoms with Gasteiger partial charge in [0.05, 0.1) is 26.8 Å². The summed E-state index contributed by atoms with van der Waals surface area (Å²) < 4.78 is 27.2. The summed E-state index contributed by atoms with van der Waals surface area (Å²) in [5, 5.41) is 7.53. The second-order valence-corrected chi connectivity index (χ2v) is 9.91. The van der Waals surface area contributed by atoms with Crippen LogP contribution in [0.25, 0.3) is 27.8 Å². The molecular weight excluding hydrogens is 403 g/mol. The molecule has 0 unspecified atom stereocenters. The molecule has 140 valence electrons. The van der Waals surface area contributed by atoms with E-state index >= 15 is 0 Å². The summed E-state index contributed by atoms with van der Waals surface area (Å²) in [5.74, 6) is 0.163. The van der Waals surface area contributed by atoms with Crippen molar-refractivity contribution in [2.45, 2.75) is 41.9 Å². The van der Waals surface area contributed by atoms with Crippen molar-refractivity contribution in [3.8, 4) is 16.9 Å². The molecule has 7 heteroatoms. The van der Waals surface area contributed by atoms with Gasteiger partial charge in [-0.3, -0.25) is 0 Å². The Morgan fingerprint density at radius 3 is 2.41 bits per heavy atom. The monoisotopic (exact) mass is 420 g/mol. The van der Waals surface area contributed by atoms with Crippen LogP contribution in [0.2, 0.25) is 5.02 Å². The van der Waals surface area contributed by atoms with Crippen molar-refractivity contribution < 1.29 is 8.42 Å². The molecule has 2 aromatic rings. The maximum atomic E-state index is 12.6. The number of nitrogens with zero attached hydrogens (tertiary/aromatic N) is 1. The Hall–Kier alpha value is -1.53. The zero-order valence-corrected chi connectivity index (χ0v) is 16.8. The fourth-order valence-electron chi connectivity index (χ4n) is 4.51. The van der Waals surface area contributed by atoms with Gasteiger partial charge in [-0.1, -0.05) is 35.9 Å². The average molecular weight is 421 g/mol. The van der Waals surface area contributed by atoms with E-state index in [-0.39, 0.29) is 16.2 Å². The summed E-state index contributed by atoms with van der Waals surface area (Å²) in [5.41, 5.74) is 4.40. The maximum absolute atomic E-state index is 12.6. The summed E-state index contributed by atoms with van der Waals surface area (Å²) in [6.07, 6.45) is 3.53. The third-order valence-electron chi connectivity index (χ3n) is 5.77. The highest BCUT2D eigenvalue weighted by atomic mass is 35.5. The van der Waals surface area contributed by atoms with Crippen molar-refractivity contribution in [2.75, 3.05) is 0 Å². The first-order valence-corrected chi connectivity index (χ1v) is 11.4. The Labute approximate surface area is 167 Å².